The molecule has 0 aliphatic carbocycles. The molecule has 1 aromatic carbocycles. The second-order valence-corrected chi connectivity index (χ2v) is 8.31. The lowest BCUT2D eigenvalue weighted by atomic mass is 9.99. The lowest BCUT2D eigenvalue weighted by molar-refractivity contribution is -0.141. The molecular formula is C23H16F4N6O3. The maximum absolute atomic E-state index is 14.3. The number of imidazole rings is 2. The molecule has 0 saturated carbocycles. The summed E-state index contributed by atoms with van der Waals surface area (Å²) in [6.45, 7) is 0.0251. The molecule has 13 heteroatoms. The van der Waals surface area contributed by atoms with Crippen LogP contribution in [-0.4, -0.2) is 41.9 Å². The molecule has 1 aliphatic rings. The number of nitrogens with zero attached hydrogens (tertiary/aromatic N) is 5. The molecule has 0 bridgehead atoms. The Labute approximate surface area is 199 Å². The number of carbonyl (C=O) groups is 1. The number of carbonyl (C=O) groups excluding carboxylic acids is 1. The van der Waals surface area contributed by atoms with Crippen LogP contribution in [0.5, 0.6) is 0 Å². The van der Waals surface area contributed by atoms with Crippen LogP contribution in [0.25, 0.3) is 22.6 Å². The zero-order valence-corrected chi connectivity index (χ0v) is 18.5. The summed E-state index contributed by atoms with van der Waals surface area (Å²) in [5.74, 6) is -2.88. The molecule has 0 unspecified atom stereocenters. The van der Waals surface area contributed by atoms with E-state index in [0.717, 1.165) is 0 Å². The van der Waals surface area contributed by atoms with E-state index in [1.54, 1.807) is 19.2 Å². The van der Waals surface area contributed by atoms with Crippen LogP contribution in [0, 0.1) is 5.82 Å². The highest BCUT2D eigenvalue weighted by Gasteiger charge is 2.45. The summed E-state index contributed by atoms with van der Waals surface area (Å²) >= 11 is 0. The maximum atomic E-state index is 14.3. The van der Waals surface area contributed by atoms with E-state index in [4.69, 9.17) is 8.83 Å². The average Bonchev–Trinajstić information content (AvgIpc) is 3.62. The Morgan fingerprint density at radius 1 is 1.25 bits per heavy atom. The number of aryl methyl sites for hydroxylation is 1. The molecule has 184 valence electrons. The van der Waals surface area contributed by atoms with Gasteiger partial charge in [-0.2, -0.15) is 13.2 Å². The van der Waals surface area contributed by atoms with Crippen LogP contribution in [0.15, 0.2) is 52.0 Å². The Morgan fingerprint density at radius 3 is 2.81 bits per heavy atom. The van der Waals surface area contributed by atoms with Gasteiger partial charge < -0.3 is 23.3 Å². The molecule has 1 atom stereocenters. The molecule has 6 rings (SSSR count). The van der Waals surface area contributed by atoms with Gasteiger partial charge in [0.05, 0.1) is 24.5 Å². The van der Waals surface area contributed by atoms with Crippen molar-refractivity contribution in [1.29, 1.82) is 0 Å². The number of aromatic nitrogens is 5. The standard InChI is InChI=1S/C23H16F4N6O3/c1-32-10-28-8-14(32)21-31-20(23(25,26)27)19(36-21)22(34)33-6-5-13-16(30-9-29-13)17(33)15-7-11-3-2-4-12(24)18(11)35-15/h2-4,7-10,17H,5-6H2,1H3,(H,29,30)/t17-/m1/s1. The quantitative estimate of drug-likeness (QED) is 0.366. The molecule has 4 aromatic heterocycles. The van der Waals surface area contributed by atoms with E-state index in [0.29, 0.717) is 23.2 Å². The molecule has 0 spiro atoms. The Balaban J connectivity index is 1.48. The second-order valence-electron chi connectivity index (χ2n) is 8.31. The minimum atomic E-state index is -4.96. The Bertz CT molecular complexity index is 1610. The van der Waals surface area contributed by atoms with Gasteiger partial charge in [-0.1, -0.05) is 12.1 Å². The highest BCUT2D eigenvalue weighted by atomic mass is 19.4. The number of oxazole rings is 1. The van der Waals surface area contributed by atoms with Gasteiger partial charge in [-0.3, -0.25) is 4.79 Å². The predicted octanol–water partition coefficient (Wildman–Crippen LogP) is 4.49. The highest BCUT2D eigenvalue weighted by Crippen LogP contribution is 2.40. The van der Waals surface area contributed by atoms with E-state index in [1.807, 2.05) is 0 Å². The summed E-state index contributed by atoms with van der Waals surface area (Å²) in [6.07, 6.45) is -0.588. The molecule has 36 heavy (non-hydrogen) atoms. The zero-order valence-electron chi connectivity index (χ0n) is 18.5. The van der Waals surface area contributed by atoms with Gasteiger partial charge in [-0.25, -0.2) is 19.3 Å². The minimum Gasteiger partial charge on any atom is -0.455 e. The first kappa shape index (κ1) is 22.1. The van der Waals surface area contributed by atoms with Gasteiger partial charge in [0.25, 0.3) is 5.91 Å². The average molecular weight is 500 g/mol. The lowest BCUT2D eigenvalue weighted by Gasteiger charge is -2.33. The van der Waals surface area contributed by atoms with Crippen molar-refractivity contribution in [3.63, 3.8) is 0 Å². The number of rotatable bonds is 3. The van der Waals surface area contributed by atoms with E-state index in [9.17, 15) is 22.4 Å². The van der Waals surface area contributed by atoms with Crippen molar-refractivity contribution in [3.8, 4) is 11.6 Å². The van der Waals surface area contributed by atoms with Gasteiger partial charge in [0.15, 0.2) is 17.1 Å². The van der Waals surface area contributed by atoms with E-state index in [1.165, 1.54) is 40.5 Å². The third kappa shape index (κ3) is 3.38. The third-order valence-corrected chi connectivity index (χ3v) is 6.10. The van der Waals surface area contributed by atoms with Crippen molar-refractivity contribution < 1.29 is 31.2 Å². The number of nitrogens with one attached hydrogen (secondary N) is 1. The maximum Gasteiger partial charge on any atom is 0.437 e. The Kier molecular flexibility index (Phi) is 4.78. The van der Waals surface area contributed by atoms with Crippen LogP contribution >= 0.6 is 0 Å². The van der Waals surface area contributed by atoms with Crippen molar-refractivity contribution in [1.82, 2.24) is 29.4 Å². The lowest BCUT2D eigenvalue weighted by Crippen LogP contribution is -2.41. The van der Waals surface area contributed by atoms with Crippen LogP contribution in [0.1, 0.15) is 39.4 Å². The number of hydrogen-bond acceptors (Lipinski definition) is 6. The molecule has 1 amide bonds. The van der Waals surface area contributed by atoms with Crippen LogP contribution < -0.4 is 0 Å². The molecule has 1 aliphatic heterocycles. The molecule has 1 N–H and O–H groups in total. The Hall–Kier alpha value is -4.42. The Morgan fingerprint density at radius 2 is 2.08 bits per heavy atom. The number of para-hydroxylation sites is 1. The monoisotopic (exact) mass is 500 g/mol. The molecule has 9 nitrogen and oxygen atoms in total. The number of amides is 1. The smallest absolute Gasteiger partial charge is 0.437 e. The number of hydrogen-bond donors (Lipinski definition) is 1. The van der Waals surface area contributed by atoms with Crippen LogP contribution in [0.3, 0.4) is 0 Å². The van der Waals surface area contributed by atoms with Crippen LogP contribution in [0.4, 0.5) is 17.6 Å². The first-order chi connectivity index (χ1) is 17.2. The van der Waals surface area contributed by atoms with Crippen molar-refractivity contribution in [2.45, 2.75) is 18.6 Å². The first-order valence-corrected chi connectivity index (χ1v) is 10.8. The number of furan rings is 1. The second kappa shape index (κ2) is 7.80. The number of H-pyrrole nitrogens is 1. The van der Waals surface area contributed by atoms with Gasteiger partial charge in [-0.15, -0.1) is 0 Å². The van der Waals surface area contributed by atoms with Crippen molar-refractivity contribution in [2.24, 2.45) is 7.05 Å². The van der Waals surface area contributed by atoms with Crippen LogP contribution in [0.2, 0.25) is 0 Å². The molecule has 0 fully saturated rings. The molecule has 5 aromatic rings. The predicted molar refractivity (Wildman–Crippen MR) is 115 cm³/mol. The molecule has 0 radical (unpaired) electrons. The zero-order chi connectivity index (χ0) is 25.2. The molecule has 0 saturated heterocycles. The molecule has 5 heterocycles. The summed E-state index contributed by atoms with van der Waals surface area (Å²) < 4.78 is 68.7. The fourth-order valence-electron chi connectivity index (χ4n) is 4.43. The number of halogens is 4. The summed E-state index contributed by atoms with van der Waals surface area (Å²) in [6, 6.07) is 4.88. The topological polar surface area (TPSA) is 106 Å². The SMILES string of the molecule is Cn1cncc1-c1nc(C(F)(F)F)c(C(=O)N2CCc3[nH]cnc3[C@H]2c2cc3cccc(F)c3o2)o1. The normalized spacial score (nSPS) is 16.0. The van der Waals surface area contributed by atoms with E-state index < -0.39 is 41.3 Å². The van der Waals surface area contributed by atoms with Gasteiger partial charge in [0.2, 0.25) is 11.7 Å². The van der Waals surface area contributed by atoms with E-state index in [2.05, 4.69) is 19.9 Å². The number of aromatic amines is 1. The van der Waals surface area contributed by atoms with Gasteiger partial charge >= 0.3 is 6.18 Å². The van der Waals surface area contributed by atoms with Crippen molar-refractivity contribution in [2.75, 3.05) is 6.54 Å². The summed E-state index contributed by atoms with van der Waals surface area (Å²) in [4.78, 5) is 29.5. The number of fused-ring (bicyclic) bond motifs is 2. The van der Waals surface area contributed by atoms with E-state index in [-0.39, 0.29) is 23.6 Å². The van der Waals surface area contributed by atoms with Gasteiger partial charge in [0, 0.05) is 31.1 Å². The summed E-state index contributed by atoms with van der Waals surface area (Å²) in [7, 11) is 1.56. The fraction of sp³-hybridized carbons (Fsp3) is 0.217. The fourth-order valence-corrected chi connectivity index (χ4v) is 4.43. The van der Waals surface area contributed by atoms with Gasteiger partial charge in [0.1, 0.15) is 17.5 Å². The van der Waals surface area contributed by atoms with Crippen molar-refractivity contribution in [3.05, 3.63) is 77.5 Å². The summed E-state index contributed by atoms with van der Waals surface area (Å²) in [5, 5.41) is 0.439. The minimum absolute atomic E-state index is 0.0251. The third-order valence-electron chi connectivity index (χ3n) is 6.10. The van der Waals surface area contributed by atoms with Gasteiger partial charge in [-0.05, 0) is 12.1 Å². The molecular weight excluding hydrogens is 484 g/mol. The first-order valence-electron chi connectivity index (χ1n) is 10.8. The van der Waals surface area contributed by atoms with E-state index >= 15 is 0 Å². The number of benzene rings is 1. The van der Waals surface area contributed by atoms with Crippen molar-refractivity contribution >= 4 is 16.9 Å². The summed E-state index contributed by atoms with van der Waals surface area (Å²) in [5.41, 5.74) is -0.247. The van der Waals surface area contributed by atoms with Crippen LogP contribution in [-0.2, 0) is 19.6 Å². The number of alkyl halides is 3. The highest BCUT2D eigenvalue weighted by molar-refractivity contribution is 5.94. The largest absolute Gasteiger partial charge is 0.455 e.